The molecule has 0 radical (unpaired) electrons. The monoisotopic (exact) mass is 334 g/mol. The average molecular weight is 334 g/mol. The topological polar surface area (TPSA) is 66.7 Å². The maximum atomic E-state index is 5.94. The third-order valence-corrected chi connectivity index (χ3v) is 4.93. The first-order chi connectivity index (χ1) is 11.6. The molecule has 7 heteroatoms. The Balaban J connectivity index is 1.65. The van der Waals surface area contributed by atoms with Crippen molar-refractivity contribution in [3.63, 3.8) is 0 Å². The van der Waals surface area contributed by atoms with Crippen molar-refractivity contribution in [3.05, 3.63) is 18.0 Å². The van der Waals surface area contributed by atoms with Gasteiger partial charge in [-0.25, -0.2) is 0 Å². The summed E-state index contributed by atoms with van der Waals surface area (Å²) in [7, 11) is 6.11. The molecule has 2 saturated heterocycles. The maximum Gasteiger partial charge on any atom is 0.191 e. The summed E-state index contributed by atoms with van der Waals surface area (Å²) in [5.41, 5.74) is 1.19. The molecule has 0 aromatic carbocycles. The van der Waals surface area contributed by atoms with E-state index in [2.05, 4.69) is 47.8 Å². The van der Waals surface area contributed by atoms with Crippen molar-refractivity contribution in [2.24, 2.45) is 12.0 Å². The van der Waals surface area contributed by atoms with Crippen LogP contribution in [0, 0.1) is 0 Å². The standard InChI is InChI=1S/C17H30N6O/c1-5-18-17(21-14-8-13-6-7-16(14)24-13)19-10-15(22(2)3)12-9-20-23(4)11-12/h9,11,13-16H,5-8,10H2,1-4H3,(H2,18,19,21). The zero-order valence-corrected chi connectivity index (χ0v) is 15.2. The number of nitrogens with one attached hydrogen (secondary N) is 2. The molecule has 0 saturated carbocycles. The molecule has 3 heterocycles. The zero-order chi connectivity index (χ0) is 17.1. The molecule has 0 spiro atoms. The quantitative estimate of drug-likeness (QED) is 0.598. The fraction of sp³-hybridized carbons (Fsp3) is 0.765. The summed E-state index contributed by atoms with van der Waals surface area (Å²) >= 11 is 0. The molecule has 2 aliphatic rings. The minimum atomic E-state index is 0.213. The normalized spacial score (nSPS) is 27.7. The Labute approximate surface area is 144 Å². The van der Waals surface area contributed by atoms with Gasteiger partial charge in [-0.15, -0.1) is 0 Å². The molecular formula is C17H30N6O. The maximum absolute atomic E-state index is 5.94. The molecule has 2 aliphatic heterocycles. The van der Waals surface area contributed by atoms with Gasteiger partial charge in [0.15, 0.2) is 5.96 Å². The Morgan fingerprint density at radius 2 is 2.33 bits per heavy atom. The third-order valence-electron chi connectivity index (χ3n) is 4.93. The largest absolute Gasteiger partial charge is 0.373 e. The van der Waals surface area contributed by atoms with Crippen LogP contribution in [0.15, 0.2) is 17.4 Å². The third kappa shape index (κ3) is 3.89. The van der Waals surface area contributed by atoms with E-state index in [9.17, 15) is 0 Å². The molecule has 2 N–H and O–H groups in total. The van der Waals surface area contributed by atoms with E-state index >= 15 is 0 Å². The van der Waals surface area contributed by atoms with E-state index in [1.54, 1.807) is 0 Å². The number of aromatic nitrogens is 2. The summed E-state index contributed by atoms with van der Waals surface area (Å²) in [5.74, 6) is 0.884. The Kier molecular flexibility index (Phi) is 5.40. The average Bonchev–Trinajstić information content (AvgIpc) is 3.24. The summed E-state index contributed by atoms with van der Waals surface area (Å²) in [6.07, 6.45) is 8.24. The van der Waals surface area contributed by atoms with Gasteiger partial charge in [0.25, 0.3) is 0 Å². The van der Waals surface area contributed by atoms with Crippen molar-refractivity contribution < 1.29 is 4.74 Å². The van der Waals surface area contributed by atoms with E-state index in [4.69, 9.17) is 9.73 Å². The highest BCUT2D eigenvalue weighted by atomic mass is 16.5. The number of hydrogen-bond acceptors (Lipinski definition) is 4. The van der Waals surface area contributed by atoms with Crippen molar-refractivity contribution in [1.82, 2.24) is 25.3 Å². The van der Waals surface area contributed by atoms with Crippen LogP contribution >= 0.6 is 0 Å². The molecule has 3 rings (SSSR count). The highest BCUT2D eigenvalue weighted by Crippen LogP contribution is 2.34. The Morgan fingerprint density at radius 1 is 1.50 bits per heavy atom. The van der Waals surface area contributed by atoms with Gasteiger partial charge in [-0.1, -0.05) is 0 Å². The van der Waals surface area contributed by atoms with Gasteiger partial charge in [-0.3, -0.25) is 9.67 Å². The van der Waals surface area contributed by atoms with E-state index in [-0.39, 0.29) is 6.04 Å². The number of fused-ring (bicyclic) bond motifs is 2. The lowest BCUT2D eigenvalue weighted by Crippen LogP contribution is -2.47. The smallest absolute Gasteiger partial charge is 0.191 e. The van der Waals surface area contributed by atoms with Gasteiger partial charge in [-0.05, 0) is 40.3 Å². The zero-order valence-electron chi connectivity index (χ0n) is 15.2. The van der Waals surface area contributed by atoms with Crippen LogP contribution in [-0.2, 0) is 11.8 Å². The second kappa shape index (κ2) is 7.53. The molecule has 134 valence electrons. The summed E-state index contributed by atoms with van der Waals surface area (Å²) in [4.78, 5) is 7.01. The fourth-order valence-electron chi connectivity index (χ4n) is 3.64. The minimum Gasteiger partial charge on any atom is -0.373 e. The molecule has 1 aromatic heterocycles. The lowest BCUT2D eigenvalue weighted by molar-refractivity contribution is 0.0992. The highest BCUT2D eigenvalue weighted by molar-refractivity contribution is 5.80. The second-order valence-electron chi connectivity index (χ2n) is 7.01. The van der Waals surface area contributed by atoms with Crippen LogP contribution in [0.25, 0.3) is 0 Å². The van der Waals surface area contributed by atoms with E-state index < -0.39 is 0 Å². The SMILES string of the molecule is CCNC(=NCC(c1cnn(C)c1)N(C)C)NC1CC2CCC1O2. The van der Waals surface area contributed by atoms with E-state index in [1.165, 1.54) is 12.0 Å². The first-order valence-electron chi connectivity index (χ1n) is 8.92. The van der Waals surface area contributed by atoms with Gasteiger partial charge >= 0.3 is 0 Å². The molecule has 0 aliphatic carbocycles. The Hall–Kier alpha value is -1.60. The van der Waals surface area contributed by atoms with Gasteiger partial charge in [0.05, 0.1) is 37.0 Å². The van der Waals surface area contributed by atoms with Gasteiger partial charge in [0.1, 0.15) is 0 Å². The molecule has 7 nitrogen and oxygen atoms in total. The molecule has 2 fully saturated rings. The molecule has 4 atom stereocenters. The number of likely N-dealkylation sites (N-methyl/N-ethyl adjacent to an activating group) is 1. The van der Waals surface area contributed by atoms with Crippen LogP contribution in [0.5, 0.6) is 0 Å². The van der Waals surface area contributed by atoms with Crippen LogP contribution in [0.3, 0.4) is 0 Å². The van der Waals surface area contributed by atoms with Crippen LogP contribution in [-0.4, -0.2) is 66.1 Å². The number of guanidine groups is 1. The van der Waals surface area contributed by atoms with Crippen molar-refractivity contribution in [2.75, 3.05) is 27.2 Å². The predicted octanol–water partition coefficient (Wildman–Crippen LogP) is 0.898. The van der Waals surface area contributed by atoms with Gasteiger partial charge < -0.3 is 20.3 Å². The summed E-state index contributed by atoms with van der Waals surface area (Å²) in [5, 5.41) is 11.2. The molecule has 24 heavy (non-hydrogen) atoms. The molecule has 4 unspecified atom stereocenters. The van der Waals surface area contributed by atoms with Crippen LogP contribution in [0.2, 0.25) is 0 Å². The van der Waals surface area contributed by atoms with Gasteiger partial charge in [0.2, 0.25) is 0 Å². The number of aryl methyl sites for hydroxylation is 1. The molecular weight excluding hydrogens is 304 g/mol. The first kappa shape index (κ1) is 17.2. The van der Waals surface area contributed by atoms with E-state index in [1.807, 2.05) is 17.9 Å². The van der Waals surface area contributed by atoms with Crippen molar-refractivity contribution in [2.45, 2.75) is 50.5 Å². The Morgan fingerprint density at radius 3 is 2.88 bits per heavy atom. The van der Waals surface area contributed by atoms with Crippen molar-refractivity contribution >= 4 is 5.96 Å². The lowest BCUT2D eigenvalue weighted by Gasteiger charge is -2.25. The number of hydrogen-bond donors (Lipinski definition) is 2. The summed E-state index contributed by atoms with van der Waals surface area (Å²) in [6, 6.07) is 0.600. The Bertz CT molecular complexity index is 569. The predicted molar refractivity (Wildman–Crippen MR) is 95.1 cm³/mol. The highest BCUT2D eigenvalue weighted by Gasteiger charge is 2.41. The number of ether oxygens (including phenoxy) is 1. The minimum absolute atomic E-state index is 0.213. The van der Waals surface area contributed by atoms with Crippen LogP contribution in [0.4, 0.5) is 0 Å². The van der Waals surface area contributed by atoms with Gasteiger partial charge in [0, 0.05) is 25.4 Å². The number of rotatable bonds is 6. The molecule has 1 aromatic rings. The number of aliphatic imine (C=N–C) groups is 1. The molecule has 2 bridgehead atoms. The van der Waals surface area contributed by atoms with Gasteiger partial charge in [-0.2, -0.15) is 5.10 Å². The van der Waals surface area contributed by atoms with Crippen LogP contribution < -0.4 is 10.6 Å². The van der Waals surface area contributed by atoms with Crippen LogP contribution in [0.1, 0.15) is 37.8 Å². The molecule has 0 amide bonds. The second-order valence-corrected chi connectivity index (χ2v) is 7.01. The summed E-state index contributed by atoms with van der Waals surface area (Å²) in [6.45, 7) is 3.64. The van der Waals surface area contributed by atoms with E-state index in [0.29, 0.717) is 24.8 Å². The summed E-state index contributed by atoms with van der Waals surface area (Å²) < 4.78 is 7.77. The van der Waals surface area contributed by atoms with Crippen molar-refractivity contribution in [3.8, 4) is 0 Å². The lowest BCUT2D eigenvalue weighted by atomic mass is 9.96. The van der Waals surface area contributed by atoms with E-state index in [0.717, 1.165) is 25.3 Å². The first-order valence-corrected chi connectivity index (χ1v) is 8.92. The number of nitrogens with zero attached hydrogens (tertiary/aromatic N) is 4. The van der Waals surface area contributed by atoms with Crippen molar-refractivity contribution in [1.29, 1.82) is 0 Å². The fourth-order valence-corrected chi connectivity index (χ4v) is 3.64.